The smallest absolute Gasteiger partial charge is 0.410 e. The largest absolute Gasteiger partial charge is 0.444 e. The van der Waals surface area contributed by atoms with Gasteiger partial charge in [0.15, 0.2) is 5.82 Å². The average molecular weight is 572 g/mol. The van der Waals surface area contributed by atoms with Crippen molar-refractivity contribution in [1.82, 2.24) is 19.8 Å². The van der Waals surface area contributed by atoms with E-state index in [-0.39, 0.29) is 33.2 Å². The molecule has 192 valence electrons. The van der Waals surface area contributed by atoms with E-state index in [2.05, 4.69) is 35.6 Å². The molecule has 8 nitrogen and oxygen atoms in total. The van der Waals surface area contributed by atoms with E-state index in [0.29, 0.717) is 36.3 Å². The van der Waals surface area contributed by atoms with E-state index in [1.807, 2.05) is 48.7 Å². The number of hydrogen-bond donors (Lipinski definition) is 0. The molecule has 1 amide bonds. The number of nitrogens with zero attached hydrogens (tertiary/aromatic N) is 6. The third kappa shape index (κ3) is 5.15. The van der Waals surface area contributed by atoms with Gasteiger partial charge in [-0.25, -0.2) is 14.2 Å². The Labute approximate surface area is 219 Å². The monoisotopic (exact) mass is 570 g/mol. The van der Waals surface area contributed by atoms with Gasteiger partial charge in [-0.15, -0.1) is 0 Å². The molecule has 0 saturated carbocycles. The summed E-state index contributed by atoms with van der Waals surface area (Å²) in [6.45, 7) is 12.1. The second-order valence-corrected chi connectivity index (χ2v) is 11.9. The molecule has 0 aliphatic carbocycles. The maximum absolute atomic E-state index is 15.3. The first-order valence-electron chi connectivity index (χ1n) is 11.8. The summed E-state index contributed by atoms with van der Waals surface area (Å²) in [5.74, 6) is 0.609. The summed E-state index contributed by atoms with van der Waals surface area (Å²) >= 11 is 9.60. The van der Waals surface area contributed by atoms with E-state index in [4.69, 9.17) is 21.3 Å². The molecule has 2 aromatic rings. The van der Waals surface area contributed by atoms with E-state index < -0.39 is 11.4 Å². The summed E-state index contributed by atoms with van der Waals surface area (Å²) in [7, 11) is 4.08. The minimum absolute atomic E-state index is 0.0823. The van der Waals surface area contributed by atoms with Crippen LogP contribution in [0.1, 0.15) is 34.6 Å². The van der Waals surface area contributed by atoms with Crippen molar-refractivity contribution in [3.63, 3.8) is 0 Å². The van der Waals surface area contributed by atoms with Crippen LogP contribution in [0.25, 0.3) is 10.9 Å². The fourth-order valence-corrected chi connectivity index (χ4v) is 4.94. The zero-order valence-corrected chi connectivity index (χ0v) is 23.6. The second-order valence-electron chi connectivity index (χ2n) is 10.7. The predicted octanol–water partition coefficient (Wildman–Crippen LogP) is 4.77. The van der Waals surface area contributed by atoms with Crippen LogP contribution in [-0.4, -0.2) is 89.9 Å². The molecule has 4 rings (SSSR count). The lowest BCUT2D eigenvalue weighted by atomic mass is 10.1. The number of halogens is 3. The van der Waals surface area contributed by atoms with Crippen LogP contribution in [0.15, 0.2) is 10.5 Å². The molecule has 3 heterocycles. The number of aromatic nitrogens is 2. The van der Waals surface area contributed by atoms with Crippen molar-refractivity contribution in [3.8, 4) is 0 Å². The van der Waals surface area contributed by atoms with Gasteiger partial charge in [0.2, 0.25) is 5.95 Å². The summed E-state index contributed by atoms with van der Waals surface area (Å²) in [6, 6.07) is 1.89. The lowest BCUT2D eigenvalue weighted by molar-refractivity contribution is 0.0130. The molecule has 2 atom stereocenters. The van der Waals surface area contributed by atoms with Crippen molar-refractivity contribution in [2.45, 2.75) is 58.3 Å². The van der Waals surface area contributed by atoms with Gasteiger partial charge in [0, 0.05) is 49.7 Å². The number of likely N-dealkylation sites (N-methyl/N-ethyl adjacent to an activating group) is 1. The topological polar surface area (TPSA) is 65.0 Å². The molecule has 2 unspecified atom stereocenters. The number of piperazine rings is 1. The summed E-state index contributed by atoms with van der Waals surface area (Å²) < 4.78 is 21.1. The van der Waals surface area contributed by atoms with Crippen molar-refractivity contribution in [3.05, 3.63) is 21.4 Å². The van der Waals surface area contributed by atoms with Crippen molar-refractivity contribution >= 4 is 56.3 Å². The second kappa shape index (κ2) is 9.52. The maximum atomic E-state index is 15.3. The molecular weight excluding hydrogens is 539 g/mol. The first-order valence-corrected chi connectivity index (χ1v) is 13.0. The number of rotatable bonds is 3. The first-order chi connectivity index (χ1) is 16.3. The van der Waals surface area contributed by atoms with Crippen LogP contribution in [0.5, 0.6) is 0 Å². The van der Waals surface area contributed by atoms with Gasteiger partial charge < -0.3 is 24.3 Å². The fourth-order valence-electron chi connectivity index (χ4n) is 4.45. The number of amides is 1. The number of hydrogen-bond acceptors (Lipinski definition) is 7. The van der Waals surface area contributed by atoms with Gasteiger partial charge in [-0.3, -0.25) is 0 Å². The van der Waals surface area contributed by atoms with Crippen LogP contribution in [0.4, 0.5) is 21.0 Å². The lowest BCUT2D eigenvalue weighted by Gasteiger charge is -2.46. The maximum Gasteiger partial charge on any atom is 0.410 e. The summed E-state index contributed by atoms with van der Waals surface area (Å²) in [6.07, 6.45) is -0.335. The SMILES string of the molecule is CC1CN(c2nc(N3CC(N(C)C)C3)nc3c(F)c(Br)c(Cl)cc23)C(C)CN1C(=O)OC(C)(C)C. The molecule has 1 aromatic carbocycles. The minimum atomic E-state index is -0.571. The van der Waals surface area contributed by atoms with Gasteiger partial charge in [-0.1, -0.05) is 11.6 Å². The summed E-state index contributed by atoms with van der Waals surface area (Å²) in [4.78, 5) is 30.4. The highest BCUT2D eigenvalue weighted by molar-refractivity contribution is 9.10. The number of carbonyl (C=O) groups excluding carboxylic acids is 1. The Balaban J connectivity index is 1.72. The number of benzene rings is 1. The van der Waals surface area contributed by atoms with Crippen molar-refractivity contribution in [1.29, 1.82) is 0 Å². The Morgan fingerprint density at radius 1 is 1.17 bits per heavy atom. The Morgan fingerprint density at radius 2 is 1.83 bits per heavy atom. The standard InChI is InChI=1S/C24H33BrClFN6O2/c1-13-10-33(23(34)35-24(3,4)5)14(2)9-32(13)21-16-8-17(26)18(25)19(27)20(16)28-22(29-21)31-11-15(12-31)30(6)7/h8,13-15H,9-12H2,1-7H3. The average Bonchev–Trinajstić information content (AvgIpc) is 2.71. The lowest BCUT2D eigenvalue weighted by Crippen LogP contribution is -2.59. The third-order valence-electron chi connectivity index (χ3n) is 6.56. The number of anilines is 2. The molecule has 2 aliphatic rings. The molecule has 0 spiro atoms. The number of ether oxygens (including phenoxy) is 1. The van der Waals surface area contributed by atoms with Crippen LogP contribution < -0.4 is 9.80 Å². The summed E-state index contributed by atoms with van der Waals surface area (Å²) in [5, 5.41) is 0.811. The van der Waals surface area contributed by atoms with Crippen LogP contribution in [-0.2, 0) is 4.74 Å². The van der Waals surface area contributed by atoms with Crippen LogP contribution in [0.2, 0.25) is 5.02 Å². The number of carbonyl (C=O) groups is 1. The fraction of sp³-hybridized carbons (Fsp3) is 0.625. The third-order valence-corrected chi connectivity index (χ3v) is 7.86. The van der Waals surface area contributed by atoms with E-state index in [1.54, 1.807) is 11.0 Å². The highest BCUT2D eigenvalue weighted by Gasteiger charge is 2.37. The van der Waals surface area contributed by atoms with Crippen LogP contribution in [0, 0.1) is 5.82 Å². The van der Waals surface area contributed by atoms with Crippen molar-refractivity contribution in [2.75, 3.05) is 50.1 Å². The highest BCUT2D eigenvalue weighted by atomic mass is 79.9. The summed E-state index contributed by atoms with van der Waals surface area (Å²) in [5.41, 5.74) is -0.345. The molecule has 2 fully saturated rings. The zero-order valence-electron chi connectivity index (χ0n) is 21.3. The zero-order chi connectivity index (χ0) is 25.8. The minimum Gasteiger partial charge on any atom is -0.444 e. The van der Waals surface area contributed by atoms with Crippen LogP contribution in [0.3, 0.4) is 0 Å². The van der Waals surface area contributed by atoms with Gasteiger partial charge >= 0.3 is 6.09 Å². The molecule has 0 N–H and O–H groups in total. The Morgan fingerprint density at radius 3 is 2.43 bits per heavy atom. The van der Waals surface area contributed by atoms with Gasteiger partial charge in [0.1, 0.15) is 16.9 Å². The molecule has 35 heavy (non-hydrogen) atoms. The van der Waals surface area contributed by atoms with E-state index in [1.165, 1.54) is 0 Å². The molecule has 0 radical (unpaired) electrons. The Hall–Kier alpha value is -1.91. The molecule has 2 saturated heterocycles. The Bertz CT molecular complexity index is 1140. The molecule has 0 bridgehead atoms. The normalized spacial score (nSPS) is 21.6. The highest BCUT2D eigenvalue weighted by Crippen LogP contribution is 2.38. The van der Waals surface area contributed by atoms with E-state index in [0.717, 1.165) is 13.1 Å². The van der Waals surface area contributed by atoms with Gasteiger partial charge in [0.05, 0.1) is 9.50 Å². The van der Waals surface area contributed by atoms with Gasteiger partial charge in [-0.05, 0) is 70.7 Å². The number of fused-ring (bicyclic) bond motifs is 1. The quantitative estimate of drug-likeness (QED) is 0.492. The molecular formula is C24H33BrClFN6O2. The van der Waals surface area contributed by atoms with Gasteiger partial charge in [0.25, 0.3) is 0 Å². The predicted molar refractivity (Wildman–Crippen MR) is 141 cm³/mol. The first kappa shape index (κ1) is 26.2. The van der Waals surface area contributed by atoms with E-state index >= 15 is 4.39 Å². The molecule has 11 heteroatoms. The van der Waals surface area contributed by atoms with Gasteiger partial charge in [-0.2, -0.15) is 4.98 Å². The van der Waals surface area contributed by atoms with Crippen molar-refractivity contribution < 1.29 is 13.9 Å². The molecule has 2 aliphatic heterocycles. The van der Waals surface area contributed by atoms with Crippen molar-refractivity contribution in [2.24, 2.45) is 0 Å². The van der Waals surface area contributed by atoms with E-state index in [9.17, 15) is 4.79 Å². The van der Waals surface area contributed by atoms with Crippen LogP contribution >= 0.6 is 27.5 Å². The Kier molecular flexibility index (Phi) is 7.11. The molecule has 1 aromatic heterocycles.